The van der Waals surface area contributed by atoms with Crippen molar-refractivity contribution in [2.75, 3.05) is 13.7 Å². The number of hydrogen-bond donors (Lipinski definition) is 2. The molecule has 1 unspecified atom stereocenters. The molecule has 0 saturated carbocycles. The van der Waals surface area contributed by atoms with Crippen LogP contribution in [-0.4, -0.2) is 27.2 Å². The molecular weight excluding hydrogens is 345 g/mol. The molecule has 0 bridgehead atoms. The fraction of sp³-hybridized carbons (Fsp3) is 0.333. The highest BCUT2D eigenvalue weighted by atomic mass is 32.2. The van der Waals surface area contributed by atoms with E-state index in [1.54, 1.807) is 19.2 Å². The van der Waals surface area contributed by atoms with E-state index in [9.17, 15) is 17.9 Å². The normalized spacial score (nSPS) is 20.1. The van der Waals surface area contributed by atoms with Crippen molar-refractivity contribution in [1.82, 2.24) is 4.72 Å². The van der Waals surface area contributed by atoms with Crippen LogP contribution in [-0.2, 0) is 22.0 Å². The van der Waals surface area contributed by atoms with Crippen LogP contribution in [0, 0.1) is 5.82 Å². The Labute approximate surface area is 146 Å². The van der Waals surface area contributed by atoms with Gasteiger partial charge in [-0.25, -0.2) is 17.5 Å². The Morgan fingerprint density at radius 1 is 1.28 bits per heavy atom. The Morgan fingerprint density at radius 2 is 2.04 bits per heavy atom. The lowest BCUT2D eigenvalue weighted by Crippen LogP contribution is -2.43. The van der Waals surface area contributed by atoms with Gasteiger partial charge in [-0.2, -0.15) is 0 Å². The molecule has 2 aromatic carbocycles. The van der Waals surface area contributed by atoms with Gasteiger partial charge in [0.05, 0.1) is 7.11 Å². The van der Waals surface area contributed by atoms with E-state index < -0.39 is 26.3 Å². The highest BCUT2D eigenvalue weighted by Crippen LogP contribution is 2.36. The van der Waals surface area contributed by atoms with E-state index in [4.69, 9.17) is 4.74 Å². The summed E-state index contributed by atoms with van der Waals surface area (Å²) in [6.45, 7) is -0.219. The fourth-order valence-electron chi connectivity index (χ4n) is 3.20. The van der Waals surface area contributed by atoms with Gasteiger partial charge in [0.25, 0.3) is 0 Å². The number of sulfonamides is 1. The molecule has 0 aliphatic heterocycles. The summed E-state index contributed by atoms with van der Waals surface area (Å²) in [6, 6.07) is 10.5. The number of rotatable bonds is 5. The summed E-state index contributed by atoms with van der Waals surface area (Å²) in [5, 5.41) is 11.0. The first-order valence-corrected chi connectivity index (χ1v) is 9.48. The highest BCUT2D eigenvalue weighted by molar-refractivity contribution is 7.89. The van der Waals surface area contributed by atoms with Crippen molar-refractivity contribution < 1.29 is 22.7 Å². The lowest BCUT2D eigenvalue weighted by Gasteiger charge is -2.34. The number of methoxy groups -OCH3 is 1. The van der Waals surface area contributed by atoms with Crippen molar-refractivity contribution >= 4 is 10.0 Å². The predicted octanol–water partition coefficient (Wildman–Crippen LogP) is 2.34. The van der Waals surface area contributed by atoms with Crippen LogP contribution in [0.3, 0.4) is 0 Å². The summed E-state index contributed by atoms with van der Waals surface area (Å²) in [7, 11) is -2.48. The molecule has 1 aliphatic rings. The molecule has 134 valence electrons. The molecule has 0 fully saturated rings. The molecule has 3 rings (SSSR count). The maximum atomic E-state index is 13.8. The smallest absolute Gasteiger partial charge is 0.243 e. The second-order valence-electron chi connectivity index (χ2n) is 6.16. The zero-order valence-electron chi connectivity index (χ0n) is 13.8. The first-order valence-electron chi connectivity index (χ1n) is 8.00. The summed E-state index contributed by atoms with van der Waals surface area (Å²) in [6.07, 6.45) is 1.93. The molecule has 0 heterocycles. The molecule has 25 heavy (non-hydrogen) atoms. The second kappa shape index (κ2) is 6.74. The summed E-state index contributed by atoms with van der Waals surface area (Å²) in [4.78, 5) is -0.427. The fourth-order valence-corrected chi connectivity index (χ4v) is 4.37. The topological polar surface area (TPSA) is 75.6 Å². The van der Waals surface area contributed by atoms with Crippen LogP contribution in [0.5, 0.6) is 5.75 Å². The second-order valence-corrected chi connectivity index (χ2v) is 7.90. The van der Waals surface area contributed by atoms with Crippen molar-refractivity contribution in [1.29, 1.82) is 0 Å². The lowest BCUT2D eigenvalue weighted by atomic mass is 9.79. The summed E-state index contributed by atoms with van der Waals surface area (Å²) in [5.41, 5.74) is 0.270. The van der Waals surface area contributed by atoms with Crippen LogP contribution in [0.15, 0.2) is 47.4 Å². The molecule has 1 atom stereocenters. The molecule has 7 heteroatoms. The number of fused-ring (bicyclic) bond motifs is 1. The number of halogens is 1. The Bertz CT molecular complexity index is 884. The Kier molecular flexibility index (Phi) is 4.81. The van der Waals surface area contributed by atoms with Crippen LogP contribution >= 0.6 is 0 Å². The first-order chi connectivity index (χ1) is 11.9. The molecule has 0 radical (unpaired) electrons. The summed E-state index contributed by atoms with van der Waals surface area (Å²) < 4.78 is 46.1. The summed E-state index contributed by atoms with van der Waals surface area (Å²) in [5.74, 6) is -0.134. The van der Waals surface area contributed by atoms with Gasteiger partial charge in [-0.1, -0.05) is 18.2 Å². The van der Waals surface area contributed by atoms with Gasteiger partial charge in [-0.3, -0.25) is 0 Å². The Hall–Kier alpha value is -1.96. The monoisotopic (exact) mass is 365 g/mol. The van der Waals surface area contributed by atoms with Crippen molar-refractivity contribution in [2.45, 2.75) is 29.8 Å². The molecular formula is C18H20FNO4S. The van der Waals surface area contributed by atoms with Gasteiger partial charge < -0.3 is 9.84 Å². The van der Waals surface area contributed by atoms with Crippen LogP contribution < -0.4 is 9.46 Å². The quantitative estimate of drug-likeness (QED) is 0.853. The number of benzene rings is 2. The van der Waals surface area contributed by atoms with E-state index in [0.717, 1.165) is 24.5 Å². The van der Waals surface area contributed by atoms with E-state index in [2.05, 4.69) is 4.72 Å². The number of nitrogens with one attached hydrogen (secondary N) is 1. The van der Waals surface area contributed by atoms with Gasteiger partial charge in [0, 0.05) is 6.54 Å². The third-order valence-corrected chi connectivity index (χ3v) is 5.97. The van der Waals surface area contributed by atoms with E-state index in [1.165, 1.54) is 18.2 Å². The number of hydrogen-bond acceptors (Lipinski definition) is 4. The molecule has 1 aliphatic carbocycles. The molecule has 2 aromatic rings. The first kappa shape index (κ1) is 17.8. The van der Waals surface area contributed by atoms with Gasteiger partial charge in [0.2, 0.25) is 10.0 Å². The Balaban J connectivity index is 1.85. The number of aryl methyl sites for hydroxylation is 1. The molecule has 0 aromatic heterocycles. The third kappa shape index (κ3) is 3.53. The average Bonchev–Trinajstić information content (AvgIpc) is 2.60. The largest absolute Gasteiger partial charge is 0.497 e. The minimum absolute atomic E-state index is 0.219. The summed E-state index contributed by atoms with van der Waals surface area (Å²) >= 11 is 0. The van der Waals surface area contributed by atoms with E-state index in [1.807, 2.05) is 6.07 Å². The minimum atomic E-state index is -4.05. The van der Waals surface area contributed by atoms with Crippen molar-refractivity contribution in [3.8, 4) is 5.75 Å². The standard InChI is InChI=1S/C18H20FNO4S/c1-24-14-8-9-15-13(11-14)5-4-10-18(15,21)12-20-25(22,23)17-7-3-2-6-16(17)19/h2-3,6-9,11,20-21H,4-5,10,12H2,1H3. The van der Waals surface area contributed by atoms with Crippen LogP contribution in [0.25, 0.3) is 0 Å². The maximum Gasteiger partial charge on any atom is 0.243 e. The molecule has 0 saturated heterocycles. The SMILES string of the molecule is COc1ccc2c(c1)CCCC2(O)CNS(=O)(=O)c1ccccc1F. The lowest BCUT2D eigenvalue weighted by molar-refractivity contribution is 0.0242. The average molecular weight is 365 g/mol. The zero-order chi connectivity index (χ0) is 18.1. The van der Waals surface area contributed by atoms with Crippen molar-refractivity contribution in [3.63, 3.8) is 0 Å². The van der Waals surface area contributed by atoms with Gasteiger partial charge in [0.15, 0.2) is 0 Å². The zero-order valence-corrected chi connectivity index (χ0v) is 14.6. The van der Waals surface area contributed by atoms with Gasteiger partial charge in [-0.15, -0.1) is 0 Å². The molecule has 5 nitrogen and oxygen atoms in total. The minimum Gasteiger partial charge on any atom is -0.497 e. The van der Waals surface area contributed by atoms with Crippen LogP contribution in [0.1, 0.15) is 24.0 Å². The van der Waals surface area contributed by atoms with Crippen LogP contribution in [0.4, 0.5) is 4.39 Å². The van der Waals surface area contributed by atoms with Crippen molar-refractivity contribution in [3.05, 3.63) is 59.4 Å². The highest BCUT2D eigenvalue weighted by Gasteiger charge is 2.36. The van der Waals surface area contributed by atoms with Gasteiger partial charge in [0.1, 0.15) is 22.1 Å². The Morgan fingerprint density at radius 3 is 2.76 bits per heavy atom. The number of aliphatic hydroxyl groups is 1. The van der Waals surface area contributed by atoms with E-state index >= 15 is 0 Å². The van der Waals surface area contributed by atoms with Crippen molar-refractivity contribution in [2.24, 2.45) is 0 Å². The van der Waals surface area contributed by atoms with Crippen LogP contribution in [0.2, 0.25) is 0 Å². The third-order valence-electron chi connectivity index (χ3n) is 4.53. The molecule has 0 amide bonds. The van der Waals surface area contributed by atoms with E-state index in [-0.39, 0.29) is 6.54 Å². The maximum absolute atomic E-state index is 13.8. The predicted molar refractivity (Wildman–Crippen MR) is 91.4 cm³/mol. The van der Waals surface area contributed by atoms with Gasteiger partial charge >= 0.3 is 0 Å². The number of ether oxygens (including phenoxy) is 1. The molecule has 0 spiro atoms. The van der Waals surface area contributed by atoms with Gasteiger partial charge in [-0.05, 0) is 54.7 Å². The molecule has 2 N–H and O–H groups in total. The van der Waals surface area contributed by atoms with E-state index in [0.29, 0.717) is 17.7 Å².